The van der Waals surface area contributed by atoms with E-state index in [1.165, 1.54) is 30.6 Å². The van der Waals surface area contributed by atoms with Crippen LogP contribution in [0.5, 0.6) is 0 Å². The Balaban J connectivity index is 1.54. The van der Waals surface area contributed by atoms with E-state index in [0.29, 0.717) is 0 Å². The molecule has 0 amide bonds. The lowest BCUT2D eigenvalue weighted by atomic mass is 9.54. The van der Waals surface area contributed by atoms with E-state index < -0.39 is 0 Å². The van der Waals surface area contributed by atoms with Gasteiger partial charge in [-0.15, -0.1) is 11.3 Å². The zero-order valence-corrected chi connectivity index (χ0v) is 13.1. The summed E-state index contributed by atoms with van der Waals surface area (Å²) in [5, 5.41) is 0. The topological polar surface area (TPSA) is 26.3 Å². The SMILES string of the molecule is O=C(OC12CC3CC(CC(C3)C1)C2)c1ccc(Br)s1. The Bertz CT molecular complexity index is 487. The second-order valence-corrected chi connectivity index (χ2v) is 9.06. The van der Waals surface area contributed by atoms with Gasteiger partial charge in [0.25, 0.3) is 0 Å². The maximum absolute atomic E-state index is 12.3. The predicted molar refractivity (Wildman–Crippen MR) is 78.3 cm³/mol. The van der Waals surface area contributed by atoms with Crippen LogP contribution in [-0.4, -0.2) is 11.6 Å². The third kappa shape index (κ3) is 2.17. The number of ether oxygens (including phenoxy) is 1. The largest absolute Gasteiger partial charge is 0.455 e. The van der Waals surface area contributed by atoms with Gasteiger partial charge in [0.05, 0.1) is 3.79 Å². The van der Waals surface area contributed by atoms with Crippen molar-refractivity contribution in [1.82, 2.24) is 0 Å². The van der Waals surface area contributed by atoms with Crippen molar-refractivity contribution in [2.24, 2.45) is 17.8 Å². The minimum Gasteiger partial charge on any atom is -0.455 e. The fourth-order valence-corrected chi connectivity index (χ4v) is 6.09. The van der Waals surface area contributed by atoms with Crippen LogP contribution in [-0.2, 0) is 4.74 Å². The molecule has 0 saturated heterocycles. The molecule has 4 saturated carbocycles. The number of carbonyl (C=O) groups is 1. The van der Waals surface area contributed by atoms with E-state index in [1.54, 1.807) is 0 Å². The Kier molecular flexibility index (Phi) is 2.82. The first kappa shape index (κ1) is 12.4. The van der Waals surface area contributed by atoms with Crippen molar-refractivity contribution < 1.29 is 9.53 Å². The Labute approximate surface area is 125 Å². The smallest absolute Gasteiger partial charge is 0.348 e. The van der Waals surface area contributed by atoms with E-state index in [1.807, 2.05) is 12.1 Å². The van der Waals surface area contributed by atoms with Gasteiger partial charge in [-0.05, 0) is 84.3 Å². The summed E-state index contributed by atoms with van der Waals surface area (Å²) in [6, 6.07) is 3.78. The van der Waals surface area contributed by atoms with Crippen LogP contribution < -0.4 is 0 Å². The molecule has 0 unspecified atom stereocenters. The van der Waals surface area contributed by atoms with Gasteiger partial charge in [0, 0.05) is 0 Å². The molecule has 2 nitrogen and oxygen atoms in total. The number of halogens is 1. The fraction of sp³-hybridized carbons (Fsp3) is 0.667. The molecule has 19 heavy (non-hydrogen) atoms. The summed E-state index contributed by atoms with van der Waals surface area (Å²) in [7, 11) is 0. The molecule has 4 fully saturated rings. The number of esters is 1. The van der Waals surface area contributed by atoms with Crippen molar-refractivity contribution in [3.05, 3.63) is 20.8 Å². The van der Waals surface area contributed by atoms with Crippen molar-refractivity contribution in [2.45, 2.75) is 44.1 Å². The summed E-state index contributed by atoms with van der Waals surface area (Å²) in [6.07, 6.45) is 7.45. The average molecular weight is 341 g/mol. The van der Waals surface area contributed by atoms with E-state index in [0.717, 1.165) is 45.7 Å². The Morgan fingerprint density at radius 3 is 2.21 bits per heavy atom. The Morgan fingerprint density at radius 1 is 1.16 bits per heavy atom. The van der Waals surface area contributed by atoms with Gasteiger partial charge >= 0.3 is 5.97 Å². The second-order valence-electron chi connectivity index (χ2n) is 6.59. The number of rotatable bonds is 2. The van der Waals surface area contributed by atoms with Crippen LogP contribution in [0.25, 0.3) is 0 Å². The highest BCUT2D eigenvalue weighted by molar-refractivity contribution is 9.11. The molecule has 4 aliphatic rings. The van der Waals surface area contributed by atoms with Gasteiger partial charge < -0.3 is 4.74 Å². The predicted octanol–water partition coefficient (Wildman–Crippen LogP) is 4.64. The van der Waals surface area contributed by atoms with Crippen LogP contribution in [0.4, 0.5) is 0 Å². The van der Waals surface area contributed by atoms with Crippen molar-refractivity contribution in [1.29, 1.82) is 0 Å². The highest BCUT2D eigenvalue weighted by atomic mass is 79.9. The Hall–Kier alpha value is -0.350. The monoisotopic (exact) mass is 340 g/mol. The molecule has 0 aromatic carbocycles. The molecule has 0 radical (unpaired) electrons. The lowest BCUT2D eigenvalue weighted by Gasteiger charge is -2.55. The van der Waals surface area contributed by atoms with Gasteiger partial charge in [0.2, 0.25) is 0 Å². The maximum Gasteiger partial charge on any atom is 0.348 e. The third-order valence-electron chi connectivity index (χ3n) is 5.07. The number of hydrogen-bond acceptors (Lipinski definition) is 3. The standard InChI is InChI=1S/C15H17BrO2S/c16-13-2-1-12(19-13)14(17)18-15-6-9-3-10(7-15)5-11(4-9)8-15/h1-2,9-11H,3-8H2. The minimum absolute atomic E-state index is 0.113. The molecule has 4 aliphatic carbocycles. The van der Waals surface area contributed by atoms with Gasteiger partial charge in [-0.1, -0.05) is 0 Å². The summed E-state index contributed by atoms with van der Waals surface area (Å²) in [5.41, 5.74) is -0.123. The lowest BCUT2D eigenvalue weighted by molar-refractivity contribution is -0.131. The third-order valence-corrected chi connectivity index (χ3v) is 6.67. The molecule has 1 aromatic rings. The number of thiophene rings is 1. The van der Waals surface area contributed by atoms with Crippen molar-refractivity contribution >= 4 is 33.2 Å². The van der Waals surface area contributed by atoms with Crippen LogP contribution in [0.15, 0.2) is 15.9 Å². The highest BCUT2D eigenvalue weighted by Gasteiger charge is 2.53. The van der Waals surface area contributed by atoms with E-state index in [-0.39, 0.29) is 11.6 Å². The molecular weight excluding hydrogens is 324 g/mol. The van der Waals surface area contributed by atoms with Gasteiger partial charge in [0.1, 0.15) is 10.5 Å². The van der Waals surface area contributed by atoms with Crippen molar-refractivity contribution in [3.63, 3.8) is 0 Å². The van der Waals surface area contributed by atoms with E-state index in [4.69, 9.17) is 4.74 Å². The molecule has 0 atom stereocenters. The van der Waals surface area contributed by atoms with Crippen molar-refractivity contribution in [3.8, 4) is 0 Å². The number of carbonyl (C=O) groups excluding carboxylic acids is 1. The van der Waals surface area contributed by atoms with E-state index >= 15 is 0 Å². The molecule has 4 bridgehead atoms. The normalized spacial score (nSPS) is 39.5. The van der Waals surface area contributed by atoms with Gasteiger partial charge in [-0.2, -0.15) is 0 Å². The van der Waals surface area contributed by atoms with Crippen LogP contribution >= 0.6 is 27.3 Å². The first-order valence-corrected chi connectivity index (χ1v) is 8.71. The molecule has 102 valence electrons. The molecule has 4 heteroatoms. The molecule has 0 spiro atoms. The van der Waals surface area contributed by atoms with E-state index in [9.17, 15) is 4.79 Å². The summed E-state index contributed by atoms with van der Waals surface area (Å²) < 4.78 is 6.99. The lowest BCUT2D eigenvalue weighted by Crippen LogP contribution is -2.52. The summed E-state index contributed by atoms with van der Waals surface area (Å²) in [5.74, 6) is 2.33. The summed E-state index contributed by atoms with van der Waals surface area (Å²) >= 11 is 4.87. The molecule has 1 aromatic heterocycles. The summed E-state index contributed by atoms with van der Waals surface area (Å²) in [6.45, 7) is 0. The molecule has 0 N–H and O–H groups in total. The Morgan fingerprint density at radius 2 is 1.74 bits per heavy atom. The molecular formula is C15H17BrO2S. The number of hydrogen-bond donors (Lipinski definition) is 0. The van der Waals surface area contributed by atoms with Crippen LogP contribution in [0.2, 0.25) is 0 Å². The van der Waals surface area contributed by atoms with Crippen molar-refractivity contribution in [2.75, 3.05) is 0 Å². The first-order chi connectivity index (χ1) is 9.12. The zero-order chi connectivity index (χ0) is 13.0. The molecule has 0 aliphatic heterocycles. The molecule has 5 rings (SSSR count). The van der Waals surface area contributed by atoms with Crippen LogP contribution in [0, 0.1) is 17.8 Å². The maximum atomic E-state index is 12.3. The first-order valence-electron chi connectivity index (χ1n) is 7.11. The van der Waals surface area contributed by atoms with Gasteiger partial charge in [-0.3, -0.25) is 0 Å². The molecule has 1 heterocycles. The highest BCUT2D eigenvalue weighted by Crippen LogP contribution is 2.57. The van der Waals surface area contributed by atoms with Gasteiger partial charge in [-0.25, -0.2) is 4.79 Å². The van der Waals surface area contributed by atoms with Crippen LogP contribution in [0.1, 0.15) is 48.2 Å². The fourth-order valence-electron chi connectivity index (χ4n) is 4.83. The van der Waals surface area contributed by atoms with Gasteiger partial charge in [0.15, 0.2) is 0 Å². The minimum atomic E-state index is -0.123. The quantitative estimate of drug-likeness (QED) is 0.733. The van der Waals surface area contributed by atoms with E-state index in [2.05, 4.69) is 15.9 Å². The second kappa shape index (κ2) is 4.32. The summed E-state index contributed by atoms with van der Waals surface area (Å²) in [4.78, 5) is 13.0. The average Bonchev–Trinajstić information content (AvgIpc) is 2.73. The zero-order valence-electron chi connectivity index (χ0n) is 10.7. The van der Waals surface area contributed by atoms with Crippen LogP contribution in [0.3, 0.4) is 0 Å².